The van der Waals surface area contributed by atoms with E-state index >= 15 is 0 Å². The lowest BCUT2D eigenvalue weighted by Crippen LogP contribution is -2.36. The molecular weight excluding hydrogens is 452 g/mol. The van der Waals surface area contributed by atoms with Crippen molar-refractivity contribution < 1.29 is 24.1 Å². The monoisotopic (exact) mass is 502 g/mol. The summed E-state index contributed by atoms with van der Waals surface area (Å²) in [6, 6.07) is 0. The van der Waals surface area contributed by atoms with Crippen LogP contribution in [0.25, 0.3) is 0 Å². The van der Waals surface area contributed by atoms with Crippen molar-refractivity contribution >= 4 is 5.97 Å². The van der Waals surface area contributed by atoms with E-state index in [-0.39, 0.29) is 17.7 Å². The Morgan fingerprint density at radius 2 is 1.94 bits per heavy atom. The lowest BCUT2D eigenvalue weighted by molar-refractivity contribution is -0.148. The van der Waals surface area contributed by atoms with E-state index in [0.29, 0.717) is 48.7 Å². The summed E-state index contributed by atoms with van der Waals surface area (Å²) in [5, 5.41) is 10.3. The molecule has 0 aliphatic heterocycles. The van der Waals surface area contributed by atoms with E-state index in [1.165, 1.54) is 44.6 Å². The van der Waals surface area contributed by atoms with Crippen LogP contribution in [-0.4, -0.2) is 42.8 Å². The van der Waals surface area contributed by atoms with E-state index in [0.717, 1.165) is 6.42 Å². The number of fused-ring (bicyclic) bond motifs is 1. The minimum absolute atomic E-state index is 0.205. The van der Waals surface area contributed by atoms with Crippen molar-refractivity contribution in [1.29, 1.82) is 0 Å². The maximum Gasteiger partial charge on any atom is 0.302 e. The summed E-state index contributed by atoms with van der Waals surface area (Å²) in [7, 11) is 1.66. The van der Waals surface area contributed by atoms with Gasteiger partial charge in [0.25, 0.3) is 0 Å². The van der Waals surface area contributed by atoms with Gasteiger partial charge in [-0.1, -0.05) is 56.2 Å². The summed E-state index contributed by atoms with van der Waals surface area (Å²) in [5.41, 5.74) is 2.83. The first-order valence-corrected chi connectivity index (χ1v) is 14.0. The van der Waals surface area contributed by atoms with E-state index in [1.807, 2.05) is 0 Å². The van der Waals surface area contributed by atoms with Gasteiger partial charge in [-0.3, -0.25) is 4.79 Å². The number of aliphatic hydroxyl groups is 1. The van der Waals surface area contributed by atoms with Gasteiger partial charge in [-0.15, -0.1) is 0 Å². The molecule has 7 atom stereocenters. The molecule has 3 rings (SSSR count). The molecular formula is C31H50O5. The predicted octanol–water partition coefficient (Wildman–Crippen LogP) is 6.76. The molecule has 0 bridgehead atoms. The molecule has 0 radical (unpaired) electrons. The van der Waals surface area contributed by atoms with Crippen molar-refractivity contribution in [2.24, 2.45) is 29.1 Å². The second-order valence-electron chi connectivity index (χ2n) is 12.4. The molecule has 3 fully saturated rings. The molecule has 3 saturated carbocycles. The zero-order chi connectivity index (χ0) is 26.5. The molecule has 3 aliphatic carbocycles. The molecule has 5 heteroatoms. The number of esters is 1. The zero-order valence-electron chi connectivity index (χ0n) is 23.7. The van der Waals surface area contributed by atoms with Gasteiger partial charge in [0.15, 0.2) is 0 Å². The fourth-order valence-corrected chi connectivity index (χ4v) is 7.03. The number of aliphatic hydroxyl groups excluding tert-OH is 1. The Morgan fingerprint density at radius 3 is 2.64 bits per heavy atom. The third-order valence-corrected chi connectivity index (χ3v) is 9.41. The Hall–Kier alpha value is -1.43. The van der Waals surface area contributed by atoms with Gasteiger partial charge in [0.2, 0.25) is 0 Å². The summed E-state index contributed by atoms with van der Waals surface area (Å²) in [5.74, 6) is 1.86. The molecule has 204 valence electrons. The Bertz CT molecular complexity index is 840. The third-order valence-electron chi connectivity index (χ3n) is 9.41. The Morgan fingerprint density at radius 1 is 1.19 bits per heavy atom. The van der Waals surface area contributed by atoms with Crippen LogP contribution in [0.5, 0.6) is 0 Å². The zero-order valence-corrected chi connectivity index (χ0v) is 23.7. The van der Waals surface area contributed by atoms with Gasteiger partial charge in [0, 0.05) is 32.8 Å². The molecule has 0 spiro atoms. The average molecular weight is 503 g/mol. The number of hydrogen-bond donors (Lipinski definition) is 1. The highest BCUT2D eigenvalue weighted by Gasteiger charge is 2.50. The smallest absolute Gasteiger partial charge is 0.302 e. The molecule has 0 aromatic rings. The highest BCUT2D eigenvalue weighted by molar-refractivity contribution is 5.66. The molecule has 0 aromatic heterocycles. The van der Waals surface area contributed by atoms with Crippen molar-refractivity contribution in [3.63, 3.8) is 0 Å². The maximum atomic E-state index is 11.4. The molecule has 36 heavy (non-hydrogen) atoms. The molecule has 0 aromatic carbocycles. The molecule has 0 heterocycles. The normalized spacial score (nSPS) is 35.2. The number of carbonyl (C=O) groups is 1. The van der Waals surface area contributed by atoms with E-state index in [9.17, 15) is 9.90 Å². The Balaban J connectivity index is 1.69. The van der Waals surface area contributed by atoms with E-state index in [2.05, 4.69) is 58.9 Å². The lowest BCUT2D eigenvalue weighted by atomic mass is 9.61. The van der Waals surface area contributed by atoms with Gasteiger partial charge < -0.3 is 19.3 Å². The van der Waals surface area contributed by atoms with Crippen molar-refractivity contribution in [1.82, 2.24) is 0 Å². The third kappa shape index (κ3) is 7.11. The SMILES string of the molecule is COCOC(C)(C)[C@@H](C)C=C[C@@H](C)[C@H]1CC[C@H]2C(=CC=C3C[C@@H](O)C[C@H](OC(C)=O)C3)CCC[C@]12C. The van der Waals surface area contributed by atoms with Crippen LogP contribution < -0.4 is 0 Å². The Kier molecular flexibility index (Phi) is 10.0. The first-order valence-electron chi connectivity index (χ1n) is 14.0. The number of carbonyl (C=O) groups excluding carboxylic acids is 1. The largest absolute Gasteiger partial charge is 0.462 e. The first kappa shape index (κ1) is 29.1. The minimum Gasteiger partial charge on any atom is -0.462 e. The van der Waals surface area contributed by atoms with Gasteiger partial charge in [-0.05, 0) is 75.5 Å². The highest BCUT2D eigenvalue weighted by Crippen LogP contribution is 2.59. The van der Waals surface area contributed by atoms with Crippen molar-refractivity contribution in [3.05, 3.63) is 35.5 Å². The average Bonchev–Trinajstić information content (AvgIpc) is 3.16. The van der Waals surface area contributed by atoms with Crippen LogP contribution in [-0.2, 0) is 19.0 Å². The van der Waals surface area contributed by atoms with E-state index in [4.69, 9.17) is 14.2 Å². The van der Waals surface area contributed by atoms with Crippen LogP contribution in [0.4, 0.5) is 0 Å². The number of methoxy groups -OCH3 is 1. The molecule has 1 N–H and O–H groups in total. The lowest BCUT2D eigenvalue weighted by Gasteiger charge is -2.44. The minimum atomic E-state index is -0.430. The molecule has 0 saturated heterocycles. The molecule has 3 aliphatic rings. The van der Waals surface area contributed by atoms with Crippen LogP contribution in [0, 0.1) is 29.1 Å². The number of hydrogen-bond acceptors (Lipinski definition) is 5. The summed E-state index contributed by atoms with van der Waals surface area (Å²) in [4.78, 5) is 11.4. The maximum absolute atomic E-state index is 11.4. The number of allylic oxidation sites excluding steroid dienone is 4. The topological polar surface area (TPSA) is 65.0 Å². The van der Waals surface area contributed by atoms with Crippen LogP contribution in [0.3, 0.4) is 0 Å². The fourth-order valence-electron chi connectivity index (χ4n) is 7.03. The van der Waals surface area contributed by atoms with Crippen molar-refractivity contribution in [2.75, 3.05) is 13.9 Å². The number of ether oxygens (including phenoxy) is 3. The van der Waals surface area contributed by atoms with Crippen LogP contribution in [0.1, 0.15) is 92.9 Å². The molecule has 5 nitrogen and oxygen atoms in total. The van der Waals surface area contributed by atoms with Crippen molar-refractivity contribution in [3.8, 4) is 0 Å². The fraction of sp³-hybridized carbons (Fsp3) is 0.774. The number of rotatable bonds is 9. The first-order chi connectivity index (χ1) is 17.0. The predicted molar refractivity (Wildman–Crippen MR) is 144 cm³/mol. The molecule has 0 unspecified atom stereocenters. The van der Waals surface area contributed by atoms with E-state index < -0.39 is 6.10 Å². The van der Waals surface area contributed by atoms with Gasteiger partial charge in [0.05, 0.1) is 11.7 Å². The van der Waals surface area contributed by atoms with Gasteiger partial charge >= 0.3 is 5.97 Å². The second kappa shape index (κ2) is 12.4. The van der Waals surface area contributed by atoms with Crippen LogP contribution in [0.15, 0.2) is 35.5 Å². The highest BCUT2D eigenvalue weighted by atomic mass is 16.7. The second-order valence-corrected chi connectivity index (χ2v) is 12.4. The Labute approximate surface area is 219 Å². The quantitative estimate of drug-likeness (QED) is 0.214. The van der Waals surface area contributed by atoms with Gasteiger partial charge in [-0.2, -0.15) is 0 Å². The van der Waals surface area contributed by atoms with Crippen LogP contribution in [0.2, 0.25) is 0 Å². The summed E-state index contributed by atoms with van der Waals surface area (Å²) < 4.78 is 16.4. The van der Waals surface area contributed by atoms with Gasteiger partial charge in [0.1, 0.15) is 12.9 Å². The van der Waals surface area contributed by atoms with Crippen LogP contribution >= 0.6 is 0 Å². The summed E-state index contributed by atoms with van der Waals surface area (Å²) >= 11 is 0. The van der Waals surface area contributed by atoms with Gasteiger partial charge in [-0.25, -0.2) is 0 Å². The standard InChI is InChI=1S/C31H50O5/c1-21(10-11-22(2)30(4,5)35-20-34-7)28-14-15-29-25(9-8-16-31(28,29)6)13-12-24-17-26(33)19-27(18-24)36-23(3)32/h10-13,21-22,26-29,33H,8-9,14-20H2,1-7H3/t21-,22+,26-,27-,28-,29+,31-/m1/s1. The summed E-state index contributed by atoms with van der Waals surface area (Å²) in [6.07, 6.45) is 16.9. The summed E-state index contributed by atoms with van der Waals surface area (Å²) in [6.45, 7) is 13.2. The van der Waals surface area contributed by atoms with Crippen molar-refractivity contribution in [2.45, 2.75) is 111 Å². The van der Waals surface area contributed by atoms with E-state index in [1.54, 1.807) is 12.7 Å². The molecule has 0 amide bonds.